The van der Waals surface area contributed by atoms with E-state index in [1.165, 1.54) is 58.2 Å². The molecule has 12 aromatic rings. The van der Waals surface area contributed by atoms with Gasteiger partial charge in [-0.25, -0.2) is 34.1 Å². The Morgan fingerprint density at radius 1 is 0.426 bits per heavy atom. The van der Waals surface area contributed by atoms with E-state index in [-0.39, 0.29) is 37.2 Å². The van der Waals surface area contributed by atoms with Gasteiger partial charge in [-0.05, 0) is 201 Å². The van der Waals surface area contributed by atoms with E-state index in [0.717, 1.165) is 67.2 Å². The monoisotopic (exact) mass is 1540 g/mol. The fourth-order valence-corrected chi connectivity index (χ4v) is 12.3. The standard InChI is InChI=1S/2C26H24ClN5O3.C18H13ClN2O4.C8H13N3.CH4.ClH/c2*1-14-6-23(28)32-15(2)22(14)13-31-25(33)17-4-5-29-20(11-17)8-16-7-18-10-19(27)12-30-24(18)21(9-16)26(34)35-3;1-25-18(24)15-6-10(4-12-7-13(19)9-21-16(12)15)5-14-8-11(17(22)23)2-3-20-14;1-5-3-8(10)11-6(2)7(5)4-9;;/h2*4-7,9-12H,8,13H2,1-3H3,(H2,28,32)(H,31,33);2-4,6-9H,5H2,1H3,(H,22,23);3H,4,9H2,1-2H3,(H2,10,11);1H4;1H. The number of nitrogen functional groups attached to an aromatic ring is 3. The number of methoxy groups -OCH3 is 3. The predicted octanol–water partition coefficient (Wildman–Crippen LogP) is 13.5. The highest BCUT2D eigenvalue weighted by molar-refractivity contribution is 6.32. The third-order valence-corrected chi connectivity index (χ3v) is 17.4. The van der Waals surface area contributed by atoms with Gasteiger partial charge in [-0.3, -0.25) is 39.5 Å². The van der Waals surface area contributed by atoms with Crippen LogP contribution in [0.3, 0.4) is 0 Å². The molecule has 12 rings (SSSR count). The second kappa shape index (κ2) is 37.9. The number of rotatable bonds is 17. The summed E-state index contributed by atoms with van der Waals surface area (Å²) in [5.74, 6) is -1.49. The number of hydrogen-bond acceptors (Lipinski definition) is 22. The van der Waals surface area contributed by atoms with Gasteiger partial charge in [-0.2, -0.15) is 0 Å². The highest BCUT2D eigenvalue weighted by Crippen LogP contribution is 2.29. The average molecular weight is 1540 g/mol. The van der Waals surface area contributed by atoms with E-state index in [0.29, 0.717) is 149 Å². The van der Waals surface area contributed by atoms with E-state index in [1.807, 2.05) is 65.8 Å². The summed E-state index contributed by atoms with van der Waals surface area (Å²) in [6, 6.07) is 31.1. The summed E-state index contributed by atoms with van der Waals surface area (Å²) in [5.41, 5.74) is 39.1. The lowest BCUT2D eigenvalue weighted by molar-refractivity contribution is 0.0593. The highest BCUT2D eigenvalue weighted by atomic mass is 35.5. The van der Waals surface area contributed by atoms with Crippen molar-refractivity contribution >= 4 is 133 Å². The van der Waals surface area contributed by atoms with E-state index in [1.54, 1.807) is 85.2 Å². The van der Waals surface area contributed by atoms with Crippen LogP contribution in [0, 0.1) is 41.5 Å². The van der Waals surface area contributed by atoms with E-state index in [9.17, 15) is 28.8 Å². The van der Waals surface area contributed by atoms with E-state index < -0.39 is 23.9 Å². The van der Waals surface area contributed by atoms with Crippen LogP contribution in [-0.4, -0.2) is 107 Å². The molecule has 29 heteroatoms. The molecule has 2 amide bonds. The Morgan fingerprint density at radius 3 is 1.01 bits per heavy atom. The van der Waals surface area contributed by atoms with Gasteiger partial charge in [0.2, 0.25) is 0 Å². The summed E-state index contributed by atoms with van der Waals surface area (Å²) in [6.07, 6.45) is 10.2. The SMILES string of the molecule is C.COC(=O)c1cc(Cc2cc(C(=O)NCc3c(C)cc(N)nc3C)ccn2)cc2cc(Cl)cnc12.COC(=O)c1cc(Cc2cc(C(=O)NCc3c(C)cc(N)nc3C)ccn2)cc2cc(Cl)cnc12.COC(=O)c1cc(Cc2cc(C(=O)O)ccn2)cc2cc(Cl)cnc12.Cc1cc(N)nc(C)c1CN.Cl. The summed E-state index contributed by atoms with van der Waals surface area (Å²) in [6.45, 7) is 12.7. The van der Waals surface area contributed by atoms with Crippen LogP contribution >= 0.6 is 47.2 Å². The number of carbonyl (C=O) groups is 6. The fraction of sp³-hybridized carbons (Fsp3) is 0.203. The number of carboxylic acids is 1. The minimum atomic E-state index is -1.02. The molecule has 11 N–H and O–H groups in total. The molecule has 25 nitrogen and oxygen atoms in total. The number of ether oxygens (including phenoxy) is 3. The fourth-order valence-electron chi connectivity index (χ4n) is 11.8. The number of anilines is 3. The van der Waals surface area contributed by atoms with Crippen molar-refractivity contribution in [2.45, 2.75) is 87.9 Å². The first-order valence-corrected chi connectivity index (χ1v) is 33.8. The quantitative estimate of drug-likeness (QED) is 0.0329. The second-order valence-corrected chi connectivity index (χ2v) is 25.7. The molecule has 3 aromatic carbocycles. The number of pyridine rings is 9. The number of fused-ring (bicyclic) bond motifs is 3. The van der Waals surface area contributed by atoms with Gasteiger partial charge >= 0.3 is 23.9 Å². The number of nitrogens with two attached hydrogens (primary N) is 4. The minimum absolute atomic E-state index is 0. The number of halogens is 4. The summed E-state index contributed by atoms with van der Waals surface area (Å²) < 4.78 is 14.7. The number of benzene rings is 3. The number of aromatic carboxylic acids is 1. The van der Waals surface area contributed by atoms with E-state index >= 15 is 0 Å². The molecule has 0 atom stereocenters. The first-order valence-electron chi connectivity index (χ1n) is 32.6. The molecule has 558 valence electrons. The number of nitrogens with zero attached hydrogens (tertiary/aromatic N) is 9. The molecule has 9 aromatic heterocycles. The highest BCUT2D eigenvalue weighted by Gasteiger charge is 2.21. The predicted molar refractivity (Wildman–Crippen MR) is 421 cm³/mol. The number of aryl methyl sites for hydroxylation is 6. The molecule has 0 bridgehead atoms. The van der Waals surface area contributed by atoms with Crippen molar-refractivity contribution in [3.05, 3.63) is 279 Å². The Labute approximate surface area is 644 Å². The number of carboxylic acid groups (broad SMARTS) is 1. The molecule has 0 aliphatic carbocycles. The lowest BCUT2D eigenvalue weighted by Crippen LogP contribution is -2.24. The lowest BCUT2D eigenvalue weighted by Gasteiger charge is -2.12. The molecule has 9 heterocycles. The Bertz CT molecular complexity index is 5110. The van der Waals surface area contributed by atoms with Gasteiger partial charge in [0, 0.05) is 138 Å². The molecule has 0 saturated heterocycles. The molecule has 0 aliphatic heterocycles. The van der Waals surface area contributed by atoms with Crippen molar-refractivity contribution < 1.29 is 48.1 Å². The van der Waals surface area contributed by atoms with E-state index in [2.05, 4.69) is 55.5 Å². The molecular weight excluding hydrogens is 1460 g/mol. The number of aromatic nitrogens is 9. The second-order valence-electron chi connectivity index (χ2n) is 24.4. The Morgan fingerprint density at radius 2 is 0.722 bits per heavy atom. The van der Waals surface area contributed by atoms with Gasteiger partial charge in [0.05, 0.1) is 75.2 Å². The normalized spacial score (nSPS) is 10.5. The third kappa shape index (κ3) is 21.4. The smallest absolute Gasteiger partial charge is 0.340 e. The third-order valence-electron chi connectivity index (χ3n) is 16.8. The first kappa shape index (κ1) is 83.4. The molecule has 0 fully saturated rings. The van der Waals surface area contributed by atoms with Crippen LogP contribution < -0.4 is 33.6 Å². The molecular formula is C79H79Cl4N15O10. The summed E-state index contributed by atoms with van der Waals surface area (Å²) in [4.78, 5) is 112. The van der Waals surface area contributed by atoms with Crippen molar-refractivity contribution in [3.63, 3.8) is 0 Å². The Hall–Kier alpha value is -11.9. The molecule has 0 saturated carbocycles. The van der Waals surface area contributed by atoms with Crippen LogP contribution in [0.1, 0.15) is 154 Å². The van der Waals surface area contributed by atoms with Gasteiger partial charge in [-0.15, -0.1) is 12.4 Å². The molecule has 0 unspecified atom stereocenters. The van der Waals surface area contributed by atoms with Crippen molar-refractivity contribution in [2.24, 2.45) is 5.73 Å². The van der Waals surface area contributed by atoms with Crippen LogP contribution in [0.2, 0.25) is 15.1 Å². The largest absolute Gasteiger partial charge is 0.478 e. The van der Waals surface area contributed by atoms with Gasteiger partial charge in [-0.1, -0.05) is 42.2 Å². The van der Waals surface area contributed by atoms with Gasteiger partial charge in [0.1, 0.15) is 17.5 Å². The van der Waals surface area contributed by atoms with Gasteiger partial charge in [0.15, 0.2) is 0 Å². The van der Waals surface area contributed by atoms with Crippen molar-refractivity contribution in [2.75, 3.05) is 38.5 Å². The van der Waals surface area contributed by atoms with Crippen molar-refractivity contribution in [1.29, 1.82) is 0 Å². The summed E-state index contributed by atoms with van der Waals surface area (Å²) >= 11 is 18.2. The number of esters is 3. The number of nitrogens with one attached hydrogen (secondary N) is 2. The van der Waals surface area contributed by atoms with Crippen molar-refractivity contribution in [1.82, 2.24) is 55.5 Å². The maximum atomic E-state index is 12.8. The zero-order chi connectivity index (χ0) is 76.6. The number of carbonyl (C=O) groups excluding carboxylic acids is 5. The van der Waals surface area contributed by atoms with Crippen LogP contribution in [0.4, 0.5) is 17.5 Å². The van der Waals surface area contributed by atoms with Gasteiger partial charge in [0.25, 0.3) is 11.8 Å². The minimum Gasteiger partial charge on any atom is -0.478 e. The summed E-state index contributed by atoms with van der Waals surface area (Å²) in [5, 5.41) is 18.5. The van der Waals surface area contributed by atoms with Crippen LogP contribution in [0.25, 0.3) is 32.7 Å². The Kier molecular flexibility index (Phi) is 29.3. The topological polar surface area (TPSA) is 394 Å². The number of amides is 2. The molecule has 0 aliphatic rings. The van der Waals surface area contributed by atoms with Gasteiger partial charge < -0.3 is 52.9 Å². The van der Waals surface area contributed by atoms with Crippen molar-refractivity contribution in [3.8, 4) is 0 Å². The average Bonchev–Trinajstić information content (AvgIpc) is 0.816. The van der Waals surface area contributed by atoms with Crippen LogP contribution in [0.5, 0.6) is 0 Å². The number of hydrogen-bond donors (Lipinski definition) is 7. The first-order chi connectivity index (χ1) is 50.6. The van der Waals surface area contributed by atoms with Crippen LogP contribution in [0.15, 0.2) is 146 Å². The molecule has 0 radical (unpaired) electrons. The maximum Gasteiger partial charge on any atom is 0.340 e. The Balaban J connectivity index is 0.000000211. The molecule has 0 spiro atoms. The van der Waals surface area contributed by atoms with Crippen LogP contribution in [-0.2, 0) is 53.1 Å². The summed E-state index contributed by atoms with van der Waals surface area (Å²) in [7, 11) is 3.95. The molecule has 108 heavy (non-hydrogen) atoms. The van der Waals surface area contributed by atoms with E-state index in [4.69, 9.17) is 77.1 Å². The zero-order valence-electron chi connectivity index (χ0n) is 59.6. The maximum absolute atomic E-state index is 12.8. The zero-order valence-corrected chi connectivity index (χ0v) is 62.7. The lowest BCUT2D eigenvalue weighted by atomic mass is 10.0.